The Morgan fingerprint density at radius 1 is 1.40 bits per heavy atom. The lowest BCUT2D eigenvalue weighted by Crippen LogP contribution is -2.29. The van der Waals surface area contributed by atoms with Gasteiger partial charge in [0.2, 0.25) is 5.95 Å². The minimum absolute atomic E-state index is 0.0865. The monoisotopic (exact) mass is 299 g/mol. The topological polar surface area (TPSA) is 122 Å². The van der Waals surface area contributed by atoms with Crippen LogP contribution in [0.5, 0.6) is 0 Å². The van der Waals surface area contributed by atoms with Gasteiger partial charge in [0.05, 0.1) is 11.5 Å². The van der Waals surface area contributed by atoms with Gasteiger partial charge in [-0.2, -0.15) is 0 Å². The number of anilines is 1. The molecule has 110 valence electrons. The second-order valence-electron chi connectivity index (χ2n) is 4.67. The Morgan fingerprint density at radius 2 is 2.15 bits per heavy atom. The van der Waals surface area contributed by atoms with Gasteiger partial charge in [0, 0.05) is 18.8 Å². The van der Waals surface area contributed by atoms with Crippen LogP contribution in [0.3, 0.4) is 0 Å². The zero-order chi connectivity index (χ0) is 14.8. The number of amidine groups is 1. The predicted molar refractivity (Wildman–Crippen MR) is 74.8 cm³/mol. The molecule has 2 rings (SSSR count). The maximum absolute atomic E-state index is 11.6. The fourth-order valence-corrected chi connectivity index (χ4v) is 3.29. The summed E-state index contributed by atoms with van der Waals surface area (Å²) < 4.78 is 23.2. The molecule has 8 nitrogen and oxygen atoms in total. The lowest BCUT2D eigenvalue weighted by atomic mass is 10.3. The highest BCUT2D eigenvalue weighted by molar-refractivity contribution is 7.91. The smallest absolute Gasteiger partial charge is 0.226 e. The van der Waals surface area contributed by atoms with Gasteiger partial charge in [-0.3, -0.25) is 0 Å². The van der Waals surface area contributed by atoms with Crippen molar-refractivity contribution in [1.82, 2.24) is 9.97 Å². The van der Waals surface area contributed by atoms with E-state index in [2.05, 4.69) is 15.1 Å². The number of hydrogen-bond donors (Lipinski definition) is 2. The molecule has 2 heterocycles. The van der Waals surface area contributed by atoms with Gasteiger partial charge in [-0.25, -0.2) is 18.4 Å². The van der Waals surface area contributed by atoms with Crippen LogP contribution < -0.4 is 10.6 Å². The number of nitrogens with two attached hydrogens (primary N) is 1. The van der Waals surface area contributed by atoms with Gasteiger partial charge in [-0.05, 0) is 19.4 Å². The predicted octanol–water partition coefficient (Wildman–Crippen LogP) is -0.496. The number of aromatic nitrogens is 2. The molecule has 3 N–H and O–H groups in total. The maximum Gasteiger partial charge on any atom is 0.226 e. The summed E-state index contributed by atoms with van der Waals surface area (Å²) >= 11 is 0. The lowest BCUT2D eigenvalue weighted by Gasteiger charge is -2.20. The number of nitrogens with zero attached hydrogens (tertiary/aromatic N) is 4. The summed E-state index contributed by atoms with van der Waals surface area (Å²) in [5, 5.41) is 11.6. The van der Waals surface area contributed by atoms with Crippen LogP contribution in [0.2, 0.25) is 0 Å². The summed E-state index contributed by atoms with van der Waals surface area (Å²) in [4.78, 5) is 10.3. The molecule has 0 amide bonds. The molecule has 1 fully saturated rings. The Balaban J connectivity index is 2.30. The Hall–Kier alpha value is -1.90. The van der Waals surface area contributed by atoms with E-state index in [-0.39, 0.29) is 17.3 Å². The Kier molecular flexibility index (Phi) is 4.07. The van der Waals surface area contributed by atoms with Crippen molar-refractivity contribution in [2.45, 2.75) is 13.3 Å². The van der Waals surface area contributed by atoms with E-state index in [9.17, 15) is 8.42 Å². The van der Waals surface area contributed by atoms with Gasteiger partial charge in [0.1, 0.15) is 5.69 Å². The minimum Gasteiger partial charge on any atom is -0.409 e. The van der Waals surface area contributed by atoms with Crippen molar-refractivity contribution in [3.8, 4) is 0 Å². The van der Waals surface area contributed by atoms with E-state index in [1.54, 1.807) is 13.0 Å². The van der Waals surface area contributed by atoms with Crippen molar-refractivity contribution in [1.29, 1.82) is 0 Å². The average Bonchev–Trinajstić information content (AvgIpc) is 2.58. The first kappa shape index (κ1) is 14.5. The van der Waals surface area contributed by atoms with Gasteiger partial charge in [0.15, 0.2) is 15.7 Å². The van der Waals surface area contributed by atoms with Crippen molar-refractivity contribution < 1.29 is 13.6 Å². The lowest BCUT2D eigenvalue weighted by molar-refractivity contribution is 0.318. The Bertz CT molecular complexity index is 629. The average molecular weight is 299 g/mol. The fourth-order valence-electron chi connectivity index (χ4n) is 2.02. The number of sulfone groups is 1. The maximum atomic E-state index is 11.6. The van der Waals surface area contributed by atoms with Gasteiger partial charge in [0.25, 0.3) is 0 Å². The van der Waals surface area contributed by atoms with Crippen LogP contribution in [0, 0.1) is 6.92 Å². The SMILES string of the molecule is Cc1cc(/C(N)=N/O)nc(N2CCCS(=O)(=O)CC2)n1. The van der Waals surface area contributed by atoms with Crippen LogP contribution >= 0.6 is 0 Å². The number of rotatable bonds is 2. The minimum atomic E-state index is -2.99. The molecule has 1 aromatic heterocycles. The third-order valence-corrected chi connectivity index (χ3v) is 4.77. The number of aryl methyl sites for hydroxylation is 1. The molecule has 1 aliphatic heterocycles. The molecule has 20 heavy (non-hydrogen) atoms. The van der Waals surface area contributed by atoms with Crippen LogP contribution in [0.25, 0.3) is 0 Å². The molecule has 1 saturated heterocycles. The van der Waals surface area contributed by atoms with Crippen LogP contribution in [0.1, 0.15) is 17.8 Å². The van der Waals surface area contributed by atoms with E-state index in [4.69, 9.17) is 10.9 Å². The number of hydrogen-bond acceptors (Lipinski definition) is 7. The molecule has 0 aromatic carbocycles. The highest BCUT2D eigenvalue weighted by atomic mass is 32.2. The van der Waals surface area contributed by atoms with Crippen LogP contribution in [-0.2, 0) is 9.84 Å². The largest absolute Gasteiger partial charge is 0.409 e. The molecule has 0 aliphatic carbocycles. The molecule has 0 radical (unpaired) electrons. The van der Waals surface area contributed by atoms with Gasteiger partial charge < -0.3 is 15.8 Å². The third kappa shape index (κ3) is 3.35. The molecule has 1 aromatic rings. The molecule has 0 saturated carbocycles. The summed E-state index contributed by atoms with van der Waals surface area (Å²) in [5.74, 6) is 0.578. The van der Waals surface area contributed by atoms with E-state index in [0.29, 0.717) is 36.8 Å². The van der Waals surface area contributed by atoms with Crippen LogP contribution in [0.15, 0.2) is 11.2 Å². The first-order valence-electron chi connectivity index (χ1n) is 6.20. The van der Waals surface area contributed by atoms with Gasteiger partial charge in [-0.15, -0.1) is 0 Å². The quantitative estimate of drug-likeness (QED) is 0.327. The highest BCUT2D eigenvalue weighted by Crippen LogP contribution is 2.14. The summed E-state index contributed by atoms with van der Waals surface area (Å²) in [5.41, 5.74) is 6.52. The molecule has 0 spiro atoms. The van der Waals surface area contributed by atoms with Crippen molar-refractivity contribution >= 4 is 21.6 Å². The fraction of sp³-hybridized carbons (Fsp3) is 0.545. The molecular weight excluding hydrogens is 282 g/mol. The first-order chi connectivity index (χ1) is 9.41. The van der Waals surface area contributed by atoms with E-state index >= 15 is 0 Å². The summed E-state index contributed by atoms with van der Waals surface area (Å²) in [7, 11) is -2.99. The second-order valence-corrected chi connectivity index (χ2v) is 6.98. The second kappa shape index (κ2) is 5.61. The zero-order valence-corrected chi connectivity index (χ0v) is 12.0. The molecule has 0 unspecified atom stereocenters. The first-order valence-corrected chi connectivity index (χ1v) is 8.02. The zero-order valence-electron chi connectivity index (χ0n) is 11.2. The Morgan fingerprint density at radius 3 is 2.85 bits per heavy atom. The molecular formula is C11H17N5O3S. The van der Waals surface area contributed by atoms with Crippen LogP contribution in [-0.4, -0.2) is 54.0 Å². The van der Waals surface area contributed by atoms with Gasteiger partial charge >= 0.3 is 0 Å². The van der Waals surface area contributed by atoms with Crippen molar-refractivity contribution in [2.24, 2.45) is 10.9 Å². The third-order valence-electron chi connectivity index (χ3n) is 3.05. The number of oxime groups is 1. The van der Waals surface area contributed by atoms with Crippen molar-refractivity contribution in [3.63, 3.8) is 0 Å². The van der Waals surface area contributed by atoms with Crippen LogP contribution in [0.4, 0.5) is 5.95 Å². The van der Waals surface area contributed by atoms with E-state index in [1.807, 2.05) is 4.90 Å². The van der Waals surface area contributed by atoms with Crippen molar-refractivity contribution in [2.75, 3.05) is 29.5 Å². The van der Waals surface area contributed by atoms with Gasteiger partial charge in [-0.1, -0.05) is 5.16 Å². The summed E-state index contributed by atoms with van der Waals surface area (Å²) in [6, 6.07) is 1.60. The molecule has 0 bridgehead atoms. The normalized spacial score (nSPS) is 19.6. The Labute approximate surface area is 117 Å². The molecule has 0 atom stereocenters. The van der Waals surface area contributed by atoms with E-state index in [1.165, 1.54) is 0 Å². The molecule has 1 aliphatic rings. The highest BCUT2D eigenvalue weighted by Gasteiger charge is 2.21. The molecule has 9 heteroatoms. The summed E-state index contributed by atoms with van der Waals surface area (Å²) in [6.07, 6.45) is 0.540. The standard InChI is InChI=1S/C11H17N5O3S/c1-8-7-9(10(12)15-17)14-11(13-8)16-3-2-5-20(18,19)6-4-16/h7,17H,2-6H2,1H3,(H2,12,15). The van der Waals surface area contributed by atoms with Crippen molar-refractivity contribution in [3.05, 3.63) is 17.5 Å². The van der Waals surface area contributed by atoms with E-state index in [0.717, 1.165) is 0 Å². The summed E-state index contributed by atoms with van der Waals surface area (Å²) in [6.45, 7) is 2.69. The van der Waals surface area contributed by atoms with E-state index < -0.39 is 9.84 Å².